The summed E-state index contributed by atoms with van der Waals surface area (Å²) in [4.78, 5) is 32.9. The lowest BCUT2D eigenvalue weighted by Crippen LogP contribution is -2.29. The highest BCUT2D eigenvalue weighted by molar-refractivity contribution is 5.76. The summed E-state index contributed by atoms with van der Waals surface area (Å²) in [5.41, 5.74) is 2.64. The zero-order valence-electron chi connectivity index (χ0n) is 12.6. The van der Waals surface area contributed by atoms with E-state index in [1.165, 1.54) is 12.1 Å². The van der Waals surface area contributed by atoms with Crippen molar-refractivity contribution in [2.24, 2.45) is 5.84 Å². The molecular weight excluding hydrogens is 304 g/mol. The van der Waals surface area contributed by atoms with Crippen LogP contribution >= 0.6 is 0 Å². The maximum Gasteiger partial charge on any atom is 0.275 e. The van der Waals surface area contributed by atoms with Crippen molar-refractivity contribution >= 4 is 17.5 Å². The molecular formula is C14H20N4O5. The molecule has 9 nitrogen and oxygen atoms in total. The topological polar surface area (TPSA) is 148 Å². The van der Waals surface area contributed by atoms with Gasteiger partial charge in [0.25, 0.3) is 5.69 Å². The van der Waals surface area contributed by atoms with E-state index in [2.05, 4.69) is 5.32 Å². The maximum atomic E-state index is 11.7. The van der Waals surface area contributed by atoms with Crippen LogP contribution in [0.1, 0.15) is 36.8 Å². The zero-order chi connectivity index (χ0) is 17.2. The summed E-state index contributed by atoms with van der Waals surface area (Å²) in [6.45, 7) is -0.256. The molecule has 0 aromatic heterocycles. The Labute approximate surface area is 133 Å². The highest BCUT2D eigenvalue weighted by atomic mass is 16.6. The van der Waals surface area contributed by atoms with Crippen molar-refractivity contribution in [3.63, 3.8) is 0 Å². The Kier molecular flexibility index (Phi) is 7.64. The average molecular weight is 324 g/mol. The lowest BCUT2D eigenvalue weighted by atomic mass is 10.1. The highest BCUT2D eigenvalue weighted by Gasteiger charge is 2.14. The Morgan fingerprint density at radius 3 is 2.43 bits per heavy atom. The van der Waals surface area contributed by atoms with Gasteiger partial charge in [0.2, 0.25) is 11.8 Å². The number of amides is 2. The molecule has 9 heteroatoms. The van der Waals surface area contributed by atoms with E-state index in [9.17, 15) is 19.7 Å². The number of hydrazine groups is 1. The molecule has 126 valence electrons. The number of aliphatic hydroxyl groups is 1. The summed E-state index contributed by atoms with van der Waals surface area (Å²) in [7, 11) is 0. The molecule has 0 aliphatic rings. The van der Waals surface area contributed by atoms with Crippen molar-refractivity contribution in [2.45, 2.75) is 38.8 Å². The standard InChI is InChI=1S/C14H20N4O5/c15-17-14(21)4-2-1-3-13(20)16-8-10-5-6-11(9-19)12(7-10)18(22)23/h5-7,19H,1-4,8-9,15H2,(H,16,20)(H,17,21). The van der Waals surface area contributed by atoms with Crippen molar-refractivity contribution < 1.29 is 19.6 Å². The van der Waals surface area contributed by atoms with Crippen molar-refractivity contribution in [1.29, 1.82) is 0 Å². The first kappa shape index (κ1) is 18.5. The number of hydrogen-bond acceptors (Lipinski definition) is 6. The molecule has 0 saturated carbocycles. The molecule has 1 rings (SSSR count). The minimum atomic E-state index is -0.570. The third-order valence-electron chi connectivity index (χ3n) is 3.23. The van der Waals surface area contributed by atoms with Gasteiger partial charge >= 0.3 is 0 Å². The molecule has 0 bridgehead atoms. The van der Waals surface area contributed by atoms with Crippen LogP contribution in [0.3, 0.4) is 0 Å². The van der Waals surface area contributed by atoms with Crippen molar-refractivity contribution in [3.8, 4) is 0 Å². The fourth-order valence-electron chi connectivity index (χ4n) is 1.96. The second-order valence-corrected chi connectivity index (χ2v) is 4.93. The van der Waals surface area contributed by atoms with Crippen LogP contribution in [0.15, 0.2) is 18.2 Å². The summed E-state index contributed by atoms with van der Waals surface area (Å²) in [6.07, 6.45) is 1.61. The number of rotatable bonds is 9. The van der Waals surface area contributed by atoms with Crippen LogP contribution in [0.5, 0.6) is 0 Å². The Hall–Kier alpha value is -2.52. The van der Waals surface area contributed by atoms with Gasteiger partial charge in [-0.25, -0.2) is 5.84 Å². The van der Waals surface area contributed by atoms with Crippen molar-refractivity contribution in [1.82, 2.24) is 10.7 Å². The monoisotopic (exact) mass is 324 g/mol. The summed E-state index contributed by atoms with van der Waals surface area (Å²) in [6, 6.07) is 4.41. The van der Waals surface area contributed by atoms with Crippen LogP contribution in [0.2, 0.25) is 0 Å². The van der Waals surface area contributed by atoms with Crippen LogP contribution in [0, 0.1) is 10.1 Å². The highest BCUT2D eigenvalue weighted by Crippen LogP contribution is 2.20. The summed E-state index contributed by atoms with van der Waals surface area (Å²) >= 11 is 0. The number of nitrogens with one attached hydrogen (secondary N) is 2. The number of benzene rings is 1. The molecule has 2 amide bonds. The van der Waals surface area contributed by atoms with E-state index >= 15 is 0 Å². The SMILES string of the molecule is NNC(=O)CCCCC(=O)NCc1ccc(CO)c([N+](=O)[O-])c1. The van der Waals surface area contributed by atoms with E-state index in [0.717, 1.165) is 0 Å². The molecule has 0 unspecified atom stereocenters. The third-order valence-corrected chi connectivity index (χ3v) is 3.23. The molecule has 0 atom stereocenters. The Balaban J connectivity index is 2.42. The Bertz CT molecular complexity index is 576. The van der Waals surface area contributed by atoms with Gasteiger partial charge in [-0.3, -0.25) is 25.1 Å². The van der Waals surface area contributed by atoms with Gasteiger partial charge in [-0.2, -0.15) is 0 Å². The van der Waals surface area contributed by atoms with Gasteiger partial charge in [-0.15, -0.1) is 0 Å². The molecule has 5 N–H and O–H groups in total. The summed E-state index contributed by atoms with van der Waals surface area (Å²) in [5.74, 6) is 4.46. The summed E-state index contributed by atoms with van der Waals surface area (Å²) in [5, 5.41) is 22.6. The average Bonchev–Trinajstić information content (AvgIpc) is 2.56. The maximum absolute atomic E-state index is 11.7. The number of unbranched alkanes of at least 4 members (excludes halogenated alkanes) is 1. The normalized spacial score (nSPS) is 10.2. The van der Waals surface area contributed by atoms with Gasteiger partial charge in [0.15, 0.2) is 0 Å². The molecule has 0 aliphatic heterocycles. The first-order valence-electron chi connectivity index (χ1n) is 7.11. The summed E-state index contributed by atoms with van der Waals surface area (Å²) < 4.78 is 0. The van der Waals surface area contributed by atoms with Gasteiger partial charge in [-0.1, -0.05) is 6.07 Å². The van der Waals surface area contributed by atoms with E-state index in [1.807, 2.05) is 5.43 Å². The van der Waals surface area contributed by atoms with Gasteiger partial charge in [0, 0.05) is 25.5 Å². The van der Waals surface area contributed by atoms with Crippen molar-refractivity contribution in [2.75, 3.05) is 0 Å². The Morgan fingerprint density at radius 2 is 1.87 bits per heavy atom. The van der Waals surface area contributed by atoms with E-state index in [0.29, 0.717) is 18.4 Å². The minimum absolute atomic E-state index is 0.161. The lowest BCUT2D eigenvalue weighted by molar-refractivity contribution is -0.385. The van der Waals surface area contributed by atoms with Crippen LogP contribution in [-0.4, -0.2) is 21.8 Å². The smallest absolute Gasteiger partial charge is 0.275 e. The van der Waals surface area contributed by atoms with Crippen LogP contribution < -0.4 is 16.6 Å². The molecule has 0 aliphatic carbocycles. The van der Waals surface area contributed by atoms with Crippen LogP contribution in [0.25, 0.3) is 0 Å². The van der Waals surface area contributed by atoms with Gasteiger partial charge in [0.1, 0.15) is 0 Å². The van der Waals surface area contributed by atoms with Crippen molar-refractivity contribution in [3.05, 3.63) is 39.4 Å². The van der Waals surface area contributed by atoms with E-state index in [1.54, 1.807) is 6.07 Å². The van der Waals surface area contributed by atoms with E-state index < -0.39 is 11.5 Å². The number of nitrogens with zero attached hydrogens (tertiary/aromatic N) is 1. The molecule has 0 fully saturated rings. The van der Waals surface area contributed by atoms with Gasteiger partial charge < -0.3 is 10.4 Å². The first-order chi connectivity index (χ1) is 11.0. The van der Waals surface area contributed by atoms with Crippen LogP contribution in [-0.2, 0) is 22.7 Å². The van der Waals surface area contributed by atoms with E-state index in [-0.39, 0.29) is 42.5 Å². The quantitative estimate of drug-likeness (QED) is 0.168. The molecule has 0 saturated heterocycles. The second kappa shape index (κ2) is 9.49. The van der Waals surface area contributed by atoms with Gasteiger partial charge in [-0.05, 0) is 24.5 Å². The van der Waals surface area contributed by atoms with E-state index in [4.69, 9.17) is 10.9 Å². The fraction of sp³-hybridized carbons (Fsp3) is 0.429. The zero-order valence-corrected chi connectivity index (χ0v) is 12.6. The number of nitrogens with two attached hydrogens (primary N) is 1. The minimum Gasteiger partial charge on any atom is -0.391 e. The molecule has 0 spiro atoms. The predicted molar refractivity (Wildman–Crippen MR) is 81.7 cm³/mol. The third kappa shape index (κ3) is 6.41. The lowest BCUT2D eigenvalue weighted by Gasteiger charge is -2.07. The molecule has 23 heavy (non-hydrogen) atoms. The first-order valence-corrected chi connectivity index (χ1v) is 7.11. The molecule has 0 heterocycles. The number of aliphatic hydroxyl groups excluding tert-OH is 1. The predicted octanol–water partition coefficient (Wildman–Crippen LogP) is 0.254. The molecule has 1 aromatic carbocycles. The number of carbonyl (C=O) groups excluding carboxylic acids is 2. The Morgan fingerprint density at radius 1 is 1.22 bits per heavy atom. The number of nitro groups is 1. The molecule has 1 aromatic rings. The largest absolute Gasteiger partial charge is 0.391 e. The van der Waals surface area contributed by atoms with Gasteiger partial charge in [0.05, 0.1) is 17.1 Å². The molecule has 0 radical (unpaired) electrons. The second-order valence-electron chi connectivity index (χ2n) is 4.93. The number of hydrogen-bond donors (Lipinski definition) is 4. The number of carbonyl (C=O) groups is 2. The fourth-order valence-corrected chi connectivity index (χ4v) is 1.96. The van der Waals surface area contributed by atoms with Crippen LogP contribution in [0.4, 0.5) is 5.69 Å². The number of nitro benzene ring substituents is 1.